The first kappa shape index (κ1) is 14.2. The van der Waals surface area contributed by atoms with Crippen LogP contribution in [0.5, 0.6) is 0 Å². The number of rotatable bonds is 4. The Bertz CT molecular complexity index is 668. The molecule has 2 fully saturated rings. The Labute approximate surface area is 135 Å². The molecular formula is C17H20ClN3O. The van der Waals surface area contributed by atoms with Crippen molar-refractivity contribution in [2.45, 2.75) is 44.2 Å². The fourth-order valence-electron chi connectivity index (χ4n) is 4.25. The van der Waals surface area contributed by atoms with Gasteiger partial charge in [0.25, 0.3) is 0 Å². The monoisotopic (exact) mass is 317 g/mol. The van der Waals surface area contributed by atoms with Crippen LogP contribution in [0.3, 0.4) is 0 Å². The Balaban J connectivity index is 1.60. The summed E-state index contributed by atoms with van der Waals surface area (Å²) in [7, 11) is 0. The van der Waals surface area contributed by atoms with Gasteiger partial charge in [0.05, 0.1) is 12.1 Å². The van der Waals surface area contributed by atoms with E-state index in [-0.39, 0.29) is 11.3 Å². The van der Waals surface area contributed by atoms with Gasteiger partial charge in [-0.25, -0.2) is 4.98 Å². The molecule has 1 aromatic carbocycles. The highest BCUT2D eigenvalue weighted by Crippen LogP contribution is 2.66. The molecule has 4 nitrogen and oxygen atoms in total. The molecule has 2 unspecified atom stereocenters. The predicted octanol–water partition coefficient (Wildman–Crippen LogP) is 3.10. The fourth-order valence-corrected chi connectivity index (χ4v) is 4.46. The van der Waals surface area contributed by atoms with Gasteiger partial charge in [-0.3, -0.25) is 4.68 Å². The minimum atomic E-state index is -0.691. The number of halogens is 1. The normalized spacial score (nSPS) is 29.1. The Hall–Kier alpha value is -1.39. The smallest absolute Gasteiger partial charge is 0.137 e. The van der Waals surface area contributed by atoms with E-state index in [1.165, 1.54) is 11.9 Å². The van der Waals surface area contributed by atoms with Crippen LogP contribution in [0.4, 0.5) is 0 Å². The fraction of sp³-hybridized carbons (Fsp3) is 0.529. The summed E-state index contributed by atoms with van der Waals surface area (Å²) in [4.78, 5) is 4.01. The van der Waals surface area contributed by atoms with Crippen molar-refractivity contribution in [2.24, 2.45) is 11.3 Å². The van der Waals surface area contributed by atoms with Gasteiger partial charge >= 0.3 is 0 Å². The zero-order valence-corrected chi connectivity index (χ0v) is 13.2. The van der Waals surface area contributed by atoms with Crippen LogP contribution in [0.15, 0.2) is 36.9 Å². The molecule has 1 aromatic heterocycles. The van der Waals surface area contributed by atoms with Crippen molar-refractivity contribution in [3.63, 3.8) is 0 Å². The summed E-state index contributed by atoms with van der Waals surface area (Å²) in [5.41, 5.74) is 0.609. The highest BCUT2D eigenvalue weighted by Gasteiger charge is 2.65. The Kier molecular flexibility index (Phi) is 3.27. The molecule has 0 amide bonds. The van der Waals surface area contributed by atoms with E-state index in [9.17, 15) is 5.11 Å². The third kappa shape index (κ3) is 2.25. The van der Waals surface area contributed by atoms with Gasteiger partial charge in [0.2, 0.25) is 0 Å². The highest BCUT2D eigenvalue weighted by molar-refractivity contribution is 6.30. The zero-order chi connectivity index (χ0) is 15.2. The number of hydrogen-bond acceptors (Lipinski definition) is 3. The van der Waals surface area contributed by atoms with Crippen LogP contribution in [0.25, 0.3) is 0 Å². The average Bonchev–Trinajstić information content (AvgIpc) is 3.05. The van der Waals surface area contributed by atoms with Crippen molar-refractivity contribution < 1.29 is 5.11 Å². The largest absolute Gasteiger partial charge is 0.387 e. The van der Waals surface area contributed by atoms with Crippen molar-refractivity contribution >= 4 is 11.6 Å². The van der Waals surface area contributed by atoms with Crippen molar-refractivity contribution in [1.29, 1.82) is 0 Å². The van der Waals surface area contributed by atoms with Gasteiger partial charge in [-0.05, 0) is 55.7 Å². The van der Waals surface area contributed by atoms with E-state index in [2.05, 4.69) is 16.1 Å². The van der Waals surface area contributed by atoms with Crippen LogP contribution in [-0.4, -0.2) is 25.5 Å². The molecular weight excluding hydrogens is 298 g/mol. The van der Waals surface area contributed by atoms with Crippen molar-refractivity contribution in [3.05, 3.63) is 47.5 Å². The number of benzene rings is 1. The Morgan fingerprint density at radius 3 is 2.86 bits per heavy atom. The summed E-state index contributed by atoms with van der Waals surface area (Å²) in [5, 5.41) is 16.5. The SMILES string of the molecule is OC1(Cn2cncn2)C(Cc2cccc(Cl)c2)CCC12CC2. The molecule has 1 heterocycles. The van der Waals surface area contributed by atoms with E-state index < -0.39 is 5.60 Å². The lowest BCUT2D eigenvalue weighted by Gasteiger charge is -2.36. The molecule has 1 spiro atoms. The molecule has 0 bridgehead atoms. The van der Waals surface area contributed by atoms with Crippen molar-refractivity contribution in [2.75, 3.05) is 0 Å². The van der Waals surface area contributed by atoms with Gasteiger partial charge in [0, 0.05) is 10.4 Å². The van der Waals surface area contributed by atoms with Crippen LogP contribution in [0.2, 0.25) is 5.02 Å². The van der Waals surface area contributed by atoms with Crippen molar-refractivity contribution in [3.8, 4) is 0 Å². The van der Waals surface area contributed by atoms with Crippen LogP contribution in [0.1, 0.15) is 31.2 Å². The Morgan fingerprint density at radius 2 is 2.18 bits per heavy atom. The van der Waals surface area contributed by atoms with Gasteiger partial charge in [0.15, 0.2) is 0 Å². The molecule has 0 saturated heterocycles. The summed E-state index contributed by atoms with van der Waals surface area (Å²) in [6, 6.07) is 7.98. The number of aliphatic hydroxyl groups is 1. The average molecular weight is 318 g/mol. The second kappa shape index (κ2) is 5.07. The molecule has 2 aliphatic rings. The molecule has 4 rings (SSSR count). The summed E-state index contributed by atoms with van der Waals surface area (Å²) >= 11 is 6.10. The van der Waals surface area contributed by atoms with Gasteiger partial charge in [0.1, 0.15) is 12.7 Å². The van der Waals surface area contributed by atoms with Gasteiger partial charge in [-0.15, -0.1) is 0 Å². The van der Waals surface area contributed by atoms with E-state index in [4.69, 9.17) is 11.6 Å². The molecule has 116 valence electrons. The lowest BCUT2D eigenvalue weighted by Crippen LogP contribution is -2.46. The maximum atomic E-state index is 11.5. The first-order valence-corrected chi connectivity index (χ1v) is 8.28. The predicted molar refractivity (Wildman–Crippen MR) is 84.5 cm³/mol. The third-order valence-corrected chi connectivity index (χ3v) is 5.89. The van der Waals surface area contributed by atoms with E-state index in [1.54, 1.807) is 11.0 Å². The molecule has 2 saturated carbocycles. The standard InChI is InChI=1S/C17H20ClN3O/c18-15-3-1-2-13(9-15)8-14-4-5-16(6-7-16)17(14,22)10-21-12-19-11-20-21/h1-3,9,11-12,14,22H,4-8,10H2. The van der Waals surface area contributed by atoms with E-state index in [1.807, 2.05) is 18.2 Å². The Morgan fingerprint density at radius 1 is 1.32 bits per heavy atom. The highest BCUT2D eigenvalue weighted by atomic mass is 35.5. The number of nitrogens with zero attached hydrogens (tertiary/aromatic N) is 3. The molecule has 2 aliphatic carbocycles. The molecule has 0 radical (unpaired) electrons. The topological polar surface area (TPSA) is 50.9 Å². The van der Waals surface area contributed by atoms with Crippen LogP contribution in [0, 0.1) is 11.3 Å². The first-order chi connectivity index (χ1) is 10.6. The summed E-state index contributed by atoms with van der Waals surface area (Å²) in [6.07, 6.45) is 8.54. The second-order valence-electron chi connectivity index (χ2n) is 6.87. The summed E-state index contributed by atoms with van der Waals surface area (Å²) in [5.74, 6) is 0.248. The molecule has 2 aromatic rings. The minimum Gasteiger partial charge on any atom is -0.387 e. The zero-order valence-electron chi connectivity index (χ0n) is 12.5. The van der Waals surface area contributed by atoms with Gasteiger partial charge in [-0.1, -0.05) is 23.7 Å². The van der Waals surface area contributed by atoms with Crippen molar-refractivity contribution in [1.82, 2.24) is 14.8 Å². The van der Waals surface area contributed by atoms with E-state index >= 15 is 0 Å². The summed E-state index contributed by atoms with van der Waals surface area (Å²) < 4.78 is 1.77. The van der Waals surface area contributed by atoms with Crippen LogP contribution in [-0.2, 0) is 13.0 Å². The minimum absolute atomic E-state index is 0.0994. The van der Waals surface area contributed by atoms with Gasteiger partial charge < -0.3 is 5.11 Å². The number of hydrogen-bond donors (Lipinski definition) is 1. The maximum absolute atomic E-state index is 11.5. The lowest BCUT2D eigenvalue weighted by atomic mass is 9.79. The quantitative estimate of drug-likeness (QED) is 0.942. The van der Waals surface area contributed by atoms with E-state index in [0.717, 1.165) is 37.1 Å². The van der Waals surface area contributed by atoms with Crippen LogP contribution >= 0.6 is 11.6 Å². The molecule has 2 atom stereocenters. The third-order valence-electron chi connectivity index (χ3n) is 5.66. The molecule has 0 aliphatic heterocycles. The van der Waals surface area contributed by atoms with Gasteiger partial charge in [-0.2, -0.15) is 5.10 Å². The lowest BCUT2D eigenvalue weighted by molar-refractivity contribution is -0.0647. The van der Waals surface area contributed by atoms with Crippen LogP contribution < -0.4 is 0 Å². The number of aromatic nitrogens is 3. The molecule has 22 heavy (non-hydrogen) atoms. The van der Waals surface area contributed by atoms with E-state index in [0.29, 0.717) is 6.54 Å². The second-order valence-corrected chi connectivity index (χ2v) is 7.30. The molecule has 5 heteroatoms. The molecule has 1 N–H and O–H groups in total. The first-order valence-electron chi connectivity index (χ1n) is 7.91. The maximum Gasteiger partial charge on any atom is 0.137 e. The summed E-state index contributed by atoms with van der Waals surface area (Å²) in [6.45, 7) is 0.540.